The zero-order valence-corrected chi connectivity index (χ0v) is 19.2. The number of carbonyl (C=O) groups is 1. The SMILES string of the molecule is CCNC(=NCc1cccc(C(=O)NC)c1)N1CCN(c2ncccn2)CC1.I. The average molecular weight is 509 g/mol. The Labute approximate surface area is 188 Å². The van der Waals surface area contributed by atoms with Gasteiger partial charge in [-0.1, -0.05) is 12.1 Å². The van der Waals surface area contributed by atoms with Crippen molar-refractivity contribution in [3.63, 3.8) is 0 Å². The number of aliphatic imine (C=N–C) groups is 1. The number of nitrogens with zero attached hydrogens (tertiary/aromatic N) is 5. The fourth-order valence-electron chi connectivity index (χ4n) is 3.12. The molecule has 1 aromatic heterocycles. The Morgan fingerprint density at radius 1 is 1.14 bits per heavy atom. The number of rotatable bonds is 5. The van der Waals surface area contributed by atoms with E-state index in [9.17, 15) is 4.79 Å². The van der Waals surface area contributed by atoms with Gasteiger partial charge in [-0.3, -0.25) is 4.79 Å². The van der Waals surface area contributed by atoms with Crippen LogP contribution in [-0.2, 0) is 6.54 Å². The summed E-state index contributed by atoms with van der Waals surface area (Å²) in [5, 5.41) is 6.03. The molecule has 1 saturated heterocycles. The fraction of sp³-hybridized carbons (Fsp3) is 0.400. The first-order valence-electron chi connectivity index (χ1n) is 9.57. The molecule has 8 nitrogen and oxygen atoms in total. The number of halogens is 1. The van der Waals surface area contributed by atoms with Crippen LogP contribution in [0.25, 0.3) is 0 Å². The van der Waals surface area contributed by atoms with E-state index in [1.54, 1.807) is 19.4 Å². The minimum Gasteiger partial charge on any atom is -0.357 e. The van der Waals surface area contributed by atoms with Crippen LogP contribution in [0.15, 0.2) is 47.7 Å². The van der Waals surface area contributed by atoms with Crippen molar-refractivity contribution in [2.45, 2.75) is 13.5 Å². The van der Waals surface area contributed by atoms with Crippen LogP contribution in [0.3, 0.4) is 0 Å². The molecule has 0 radical (unpaired) electrons. The molecular formula is C20H28IN7O. The molecule has 2 N–H and O–H groups in total. The fourth-order valence-corrected chi connectivity index (χ4v) is 3.12. The lowest BCUT2D eigenvalue weighted by atomic mass is 10.1. The predicted octanol–water partition coefficient (Wildman–Crippen LogP) is 1.74. The van der Waals surface area contributed by atoms with Crippen LogP contribution in [0.4, 0.5) is 5.95 Å². The lowest BCUT2D eigenvalue weighted by molar-refractivity contribution is 0.0963. The molecule has 0 atom stereocenters. The molecule has 0 spiro atoms. The van der Waals surface area contributed by atoms with Crippen molar-refractivity contribution < 1.29 is 4.79 Å². The van der Waals surface area contributed by atoms with E-state index in [4.69, 9.17) is 4.99 Å². The van der Waals surface area contributed by atoms with Crippen molar-refractivity contribution >= 4 is 41.8 Å². The molecule has 1 fully saturated rings. The van der Waals surface area contributed by atoms with Gasteiger partial charge in [0.2, 0.25) is 5.95 Å². The normalized spacial score (nSPS) is 14.2. The van der Waals surface area contributed by atoms with Crippen LogP contribution in [0.2, 0.25) is 0 Å². The molecule has 29 heavy (non-hydrogen) atoms. The highest BCUT2D eigenvalue weighted by Crippen LogP contribution is 2.11. The third kappa shape index (κ3) is 6.28. The van der Waals surface area contributed by atoms with Crippen LogP contribution in [-0.4, -0.2) is 66.5 Å². The maximum Gasteiger partial charge on any atom is 0.251 e. The molecule has 1 aliphatic heterocycles. The highest BCUT2D eigenvalue weighted by Gasteiger charge is 2.21. The van der Waals surface area contributed by atoms with E-state index in [0.717, 1.165) is 50.2 Å². The van der Waals surface area contributed by atoms with Gasteiger partial charge in [0.25, 0.3) is 5.91 Å². The predicted molar refractivity (Wildman–Crippen MR) is 126 cm³/mol. The number of benzene rings is 1. The molecule has 0 aliphatic carbocycles. The Kier molecular flexibility index (Phi) is 9.10. The number of anilines is 1. The van der Waals surface area contributed by atoms with E-state index >= 15 is 0 Å². The molecule has 9 heteroatoms. The topological polar surface area (TPSA) is 85.8 Å². The minimum atomic E-state index is -0.0861. The van der Waals surface area contributed by atoms with Crippen LogP contribution in [0.1, 0.15) is 22.8 Å². The number of amides is 1. The van der Waals surface area contributed by atoms with Gasteiger partial charge in [0.15, 0.2) is 5.96 Å². The largest absolute Gasteiger partial charge is 0.357 e. The van der Waals surface area contributed by atoms with Gasteiger partial charge in [-0.2, -0.15) is 0 Å². The van der Waals surface area contributed by atoms with Crippen molar-refractivity contribution in [2.24, 2.45) is 4.99 Å². The van der Waals surface area contributed by atoms with Crippen molar-refractivity contribution in [3.8, 4) is 0 Å². The summed E-state index contributed by atoms with van der Waals surface area (Å²) in [4.78, 5) is 29.7. The quantitative estimate of drug-likeness (QED) is 0.363. The lowest BCUT2D eigenvalue weighted by Crippen LogP contribution is -2.52. The highest BCUT2D eigenvalue weighted by atomic mass is 127. The number of guanidine groups is 1. The summed E-state index contributed by atoms with van der Waals surface area (Å²) in [6, 6.07) is 9.40. The summed E-state index contributed by atoms with van der Waals surface area (Å²) in [6.45, 7) is 6.79. The monoisotopic (exact) mass is 509 g/mol. The molecule has 1 amide bonds. The van der Waals surface area contributed by atoms with Gasteiger partial charge >= 0.3 is 0 Å². The van der Waals surface area contributed by atoms with Gasteiger partial charge in [-0.05, 0) is 30.7 Å². The molecule has 0 unspecified atom stereocenters. The maximum absolute atomic E-state index is 11.8. The summed E-state index contributed by atoms with van der Waals surface area (Å²) < 4.78 is 0. The van der Waals surface area contributed by atoms with E-state index in [0.29, 0.717) is 12.1 Å². The molecule has 2 heterocycles. The summed E-state index contributed by atoms with van der Waals surface area (Å²) in [6.07, 6.45) is 3.54. The van der Waals surface area contributed by atoms with Gasteiger partial charge in [0.1, 0.15) is 0 Å². The second-order valence-corrected chi connectivity index (χ2v) is 6.47. The van der Waals surface area contributed by atoms with Crippen LogP contribution in [0.5, 0.6) is 0 Å². The molecule has 2 aromatic rings. The third-order valence-corrected chi connectivity index (χ3v) is 4.58. The number of hydrogen-bond acceptors (Lipinski definition) is 5. The third-order valence-electron chi connectivity index (χ3n) is 4.58. The molecular weight excluding hydrogens is 481 g/mol. The first-order valence-corrected chi connectivity index (χ1v) is 9.57. The van der Waals surface area contributed by atoms with Crippen molar-refractivity contribution in [1.82, 2.24) is 25.5 Å². The number of hydrogen-bond donors (Lipinski definition) is 2. The summed E-state index contributed by atoms with van der Waals surface area (Å²) in [5.41, 5.74) is 1.66. The van der Waals surface area contributed by atoms with Crippen molar-refractivity contribution in [2.75, 3.05) is 44.7 Å². The van der Waals surface area contributed by atoms with Crippen LogP contribution >= 0.6 is 24.0 Å². The van der Waals surface area contributed by atoms with E-state index in [2.05, 4.69) is 37.3 Å². The molecule has 0 bridgehead atoms. The summed E-state index contributed by atoms with van der Waals surface area (Å²) >= 11 is 0. The Hall–Kier alpha value is -2.43. The molecule has 1 aromatic carbocycles. The van der Waals surface area contributed by atoms with E-state index in [-0.39, 0.29) is 29.9 Å². The first kappa shape index (κ1) is 22.9. The van der Waals surface area contributed by atoms with E-state index < -0.39 is 0 Å². The average Bonchev–Trinajstić information content (AvgIpc) is 2.77. The van der Waals surface area contributed by atoms with Gasteiger partial charge < -0.3 is 20.4 Å². The molecule has 0 saturated carbocycles. The van der Waals surface area contributed by atoms with E-state index in [1.807, 2.05) is 30.3 Å². The maximum atomic E-state index is 11.8. The Morgan fingerprint density at radius 3 is 2.52 bits per heavy atom. The Balaban J connectivity index is 0.00000300. The minimum absolute atomic E-state index is 0. The van der Waals surface area contributed by atoms with Gasteiger partial charge in [-0.15, -0.1) is 24.0 Å². The summed E-state index contributed by atoms with van der Waals surface area (Å²) in [5.74, 6) is 1.58. The number of piperazine rings is 1. The number of aromatic nitrogens is 2. The zero-order valence-electron chi connectivity index (χ0n) is 16.8. The van der Waals surface area contributed by atoms with Gasteiger partial charge in [0, 0.05) is 57.7 Å². The smallest absolute Gasteiger partial charge is 0.251 e. The summed E-state index contributed by atoms with van der Waals surface area (Å²) in [7, 11) is 1.64. The Bertz CT molecular complexity index is 807. The Morgan fingerprint density at radius 2 is 1.86 bits per heavy atom. The van der Waals surface area contributed by atoms with Crippen LogP contribution < -0.4 is 15.5 Å². The van der Waals surface area contributed by atoms with Crippen LogP contribution in [0, 0.1) is 0 Å². The number of nitrogens with one attached hydrogen (secondary N) is 2. The van der Waals surface area contributed by atoms with Crippen molar-refractivity contribution in [3.05, 3.63) is 53.9 Å². The molecule has 3 rings (SSSR count). The molecule has 156 valence electrons. The molecule has 1 aliphatic rings. The zero-order chi connectivity index (χ0) is 19.8. The van der Waals surface area contributed by atoms with E-state index in [1.165, 1.54) is 0 Å². The second-order valence-electron chi connectivity index (χ2n) is 6.47. The van der Waals surface area contributed by atoms with Gasteiger partial charge in [-0.25, -0.2) is 15.0 Å². The standard InChI is InChI=1S/C20H27N7O.HI/c1-3-22-19(25-15-16-6-4-7-17(14-16)18(28)21-2)26-10-12-27(13-11-26)20-23-8-5-9-24-20;/h4-9,14H,3,10-13,15H2,1-2H3,(H,21,28)(H,22,25);1H. The number of carbonyl (C=O) groups excluding carboxylic acids is 1. The van der Waals surface area contributed by atoms with Gasteiger partial charge in [0.05, 0.1) is 6.54 Å². The highest BCUT2D eigenvalue weighted by molar-refractivity contribution is 14.0. The first-order chi connectivity index (χ1) is 13.7. The lowest BCUT2D eigenvalue weighted by Gasteiger charge is -2.36. The van der Waals surface area contributed by atoms with Crippen molar-refractivity contribution in [1.29, 1.82) is 0 Å². The second kappa shape index (κ2) is 11.5.